The van der Waals surface area contributed by atoms with Crippen molar-refractivity contribution in [2.75, 3.05) is 13.7 Å². The molecule has 0 aromatic heterocycles. The Balaban J connectivity index is 1.83. The molecular weight excluding hydrogens is 399 g/mol. The second kappa shape index (κ2) is 8.67. The van der Waals surface area contributed by atoms with E-state index < -0.39 is 12.0 Å². The minimum absolute atomic E-state index is 0.241. The van der Waals surface area contributed by atoms with Crippen molar-refractivity contribution in [3.63, 3.8) is 0 Å². The van der Waals surface area contributed by atoms with Gasteiger partial charge in [0.2, 0.25) is 0 Å². The number of carbonyl (C=O) groups is 2. The topological polar surface area (TPSA) is 58.6 Å². The van der Waals surface area contributed by atoms with Gasteiger partial charge in [0.1, 0.15) is 0 Å². The van der Waals surface area contributed by atoms with Crippen LogP contribution in [0.3, 0.4) is 0 Å². The van der Waals surface area contributed by atoms with E-state index >= 15 is 0 Å². The molecule has 2 aromatic carbocycles. The van der Waals surface area contributed by atoms with Gasteiger partial charge in [-0.05, 0) is 30.2 Å². The minimum Gasteiger partial charge on any atom is -0.462 e. The van der Waals surface area contributed by atoms with E-state index in [1.807, 2.05) is 30.3 Å². The Bertz CT molecular complexity index is 929. The van der Waals surface area contributed by atoms with Gasteiger partial charge in [0.05, 0.1) is 28.3 Å². The van der Waals surface area contributed by atoms with E-state index in [1.165, 1.54) is 4.90 Å². The third kappa shape index (κ3) is 4.32. The molecule has 0 unspecified atom stereocenters. The third-order valence-corrected chi connectivity index (χ3v) is 5.46. The van der Waals surface area contributed by atoms with Crippen molar-refractivity contribution in [1.29, 1.82) is 0 Å². The van der Waals surface area contributed by atoms with E-state index in [-0.39, 0.29) is 12.6 Å². The fourth-order valence-electron chi connectivity index (χ4n) is 3.03. The zero-order valence-corrected chi connectivity index (χ0v) is 17.1. The van der Waals surface area contributed by atoms with Gasteiger partial charge < -0.3 is 15.0 Å². The molecule has 5 nitrogen and oxygen atoms in total. The fourth-order valence-corrected chi connectivity index (χ4v) is 3.33. The van der Waals surface area contributed by atoms with Gasteiger partial charge >= 0.3 is 12.0 Å². The van der Waals surface area contributed by atoms with E-state index in [0.717, 1.165) is 5.56 Å². The van der Waals surface area contributed by atoms with Crippen molar-refractivity contribution in [3.8, 4) is 0 Å². The Morgan fingerprint density at radius 2 is 1.86 bits per heavy atom. The largest absolute Gasteiger partial charge is 0.462 e. The lowest BCUT2D eigenvalue weighted by atomic mass is 9.95. The predicted octanol–water partition coefficient (Wildman–Crippen LogP) is 4.75. The Morgan fingerprint density at radius 3 is 2.54 bits per heavy atom. The summed E-state index contributed by atoms with van der Waals surface area (Å²) in [7, 11) is 1.60. The Kier molecular flexibility index (Phi) is 6.27. The lowest BCUT2D eigenvalue weighted by Gasteiger charge is -2.33. The molecule has 1 N–H and O–H groups in total. The van der Waals surface area contributed by atoms with Gasteiger partial charge in [0, 0.05) is 19.2 Å². The van der Waals surface area contributed by atoms with Crippen molar-refractivity contribution in [2.45, 2.75) is 19.4 Å². The highest BCUT2D eigenvalue weighted by molar-refractivity contribution is 6.42. The molecule has 0 radical (unpaired) electrons. The second-order valence-corrected chi connectivity index (χ2v) is 7.30. The van der Waals surface area contributed by atoms with Crippen LogP contribution in [0, 0.1) is 0 Å². The lowest BCUT2D eigenvalue weighted by Crippen LogP contribution is -2.46. The smallest absolute Gasteiger partial charge is 0.338 e. The van der Waals surface area contributed by atoms with Crippen LogP contribution in [0.4, 0.5) is 4.79 Å². The van der Waals surface area contributed by atoms with Gasteiger partial charge in [0.25, 0.3) is 0 Å². The summed E-state index contributed by atoms with van der Waals surface area (Å²) in [6.07, 6.45) is 0.610. The number of urea groups is 1. The molecule has 7 heteroatoms. The number of esters is 1. The predicted molar refractivity (Wildman–Crippen MR) is 109 cm³/mol. The highest BCUT2D eigenvalue weighted by atomic mass is 35.5. The molecule has 2 aromatic rings. The number of hydrogen-bond donors (Lipinski definition) is 1. The molecule has 28 heavy (non-hydrogen) atoms. The quantitative estimate of drug-likeness (QED) is 0.712. The van der Waals surface area contributed by atoms with Gasteiger partial charge in [-0.15, -0.1) is 0 Å². The molecule has 1 atom stereocenters. The first-order valence-electron chi connectivity index (χ1n) is 8.79. The normalized spacial score (nSPS) is 16.8. The summed E-state index contributed by atoms with van der Waals surface area (Å²) in [5.41, 5.74) is 2.64. The van der Waals surface area contributed by atoms with E-state index in [2.05, 4.69) is 5.32 Å². The summed E-state index contributed by atoms with van der Waals surface area (Å²) >= 11 is 12.1. The first-order valence-corrected chi connectivity index (χ1v) is 9.55. The van der Waals surface area contributed by atoms with Crippen LogP contribution < -0.4 is 5.32 Å². The molecule has 0 saturated heterocycles. The average Bonchev–Trinajstić information content (AvgIpc) is 2.68. The van der Waals surface area contributed by atoms with Crippen LogP contribution >= 0.6 is 23.2 Å². The fraction of sp³-hybridized carbons (Fsp3) is 0.238. The summed E-state index contributed by atoms with van der Waals surface area (Å²) in [6, 6.07) is 13.8. The maximum Gasteiger partial charge on any atom is 0.338 e. The number of rotatable bonds is 5. The summed E-state index contributed by atoms with van der Waals surface area (Å²) in [4.78, 5) is 26.5. The van der Waals surface area contributed by atoms with Crippen LogP contribution in [-0.2, 0) is 16.0 Å². The van der Waals surface area contributed by atoms with Gasteiger partial charge in [-0.1, -0.05) is 59.6 Å². The molecule has 0 saturated carbocycles. The van der Waals surface area contributed by atoms with E-state index in [4.69, 9.17) is 27.9 Å². The Morgan fingerprint density at radius 1 is 1.14 bits per heavy atom. The van der Waals surface area contributed by atoms with Crippen LogP contribution in [0.25, 0.3) is 0 Å². The summed E-state index contributed by atoms with van der Waals surface area (Å²) < 4.78 is 5.51. The molecule has 1 aliphatic heterocycles. The SMILES string of the molecule is CC1=C(C(=O)OCCc2ccccc2)[C@H](c2ccc(Cl)c(Cl)c2)NC(=O)N1C. The average molecular weight is 419 g/mol. The van der Waals surface area contributed by atoms with Crippen molar-refractivity contribution in [2.24, 2.45) is 0 Å². The first kappa shape index (κ1) is 20.2. The molecule has 0 aliphatic carbocycles. The zero-order valence-electron chi connectivity index (χ0n) is 15.5. The molecule has 1 heterocycles. The van der Waals surface area contributed by atoms with Gasteiger partial charge in [-0.25, -0.2) is 9.59 Å². The summed E-state index contributed by atoms with van der Waals surface area (Å²) in [5.74, 6) is -0.476. The van der Waals surface area contributed by atoms with Gasteiger partial charge in [-0.3, -0.25) is 0 Å². The molecular formula is C21H20Cl2N2O3. The molecule has 0 spiro atoms. The highest BCUT2D eigenvalue weighted by Gasteiger charge is 2.35. The number of carbonyl (C=O) groups excluding carboxylic acids is 2. The molecule has 0 bridgehead atoms. The monoisotopic (exact) mass is 418 g/mol. The zero-order chi connectivity index (χ0) is 20.3. The van der Waals surface area contributed by atoms with Crippen LogP contribution in [-0.4, -0.2) is 30.6 Å². The molecule has 2 amide bonds. The van der Waals surface area contributed by atoms with E-state index in [1.54, 1.807) is 32.2 Å². The van der Waals surface area contributed by atoms with Crippen LogP contribution in [0.5, 0.6) is 0 Å². The summed E-state index contributed by atoms with van der Waals surface area (Å²) in [6.45, 7) is 1.96. The van der Waals surface area contributed by atoms with Crippen LogP contribution in [0.15, 0.2) is 59.8 Å². The van der Waals surface area contributed by atoms with Crippen molar-refractivity contribution >= 4 is 35.2 Å². The number of halogens is 2. The van der Waals surface area contributed by atoms with Crippen LogP contribution in [0.1, 0.15) is 24.1 Å². The molecule has 146 valence electrons. The molecule has 1 aliphatic rings. The molecule has 0 fully saturated rings. The third-order valence-electron chi connectivity index (χ3n) is 4.72. The van der Waals surface area contributed by atoms with E-state index in [0.29, 0.717) is 33.3 Å². The van der Waals surface area contributed by atoms with Crippen LogP contribution in [0.2, 0.25) is 10.0 Å². The van der Waals surface area contributed by atoms with Gasteiger partial charge in [0.15, 0.2) is 0 Å². The molecule has 3 rings (SSSR count). The van der Waals surface area contributed by atoms with Crippen molar-refractivity contribution < 1.29 is 14.3 Å². The number of hydrogen-bond acceptors (Lipinski definition) is 3. The number of ether oxygens (including phenoxy) is 1. The summed E-state index contributed by atoms with van der Waals surface area (Å²) in [5, 5.41) is 3.57. The number of nitrogens with one attached hydrogen (secondary N) is 1. The number of benzene rings is 2. The Labute approximate surface area is 173 Å². The first-order chi connectivity index (χ1) is 13.4. The minimum atomic E-state index is -0.664. The highest BCUT2D eigenvalue weighted by Crippen LogP contribution is 2.33. The standard InChI is InChI=1S/C21H20Cl2N2O3/c1-13-18(20(26)28-11-10-14-6-4-3-5-7-14)19(24-21(27)25(13)2)15-8-9-16(22)17(23)12-15/h3-9,12,19H,10-11H2,1-2H3,(H,24,27)/t19-/m0/s1. The van der Waals surface area contributed by atoms with Gasteiger partial charge in [-0.2, -0.15) is 0 Å². The van der Waals surface area contributed by atoms with Crippen molar-refractivity contribution in [3.05, 3.63) is 81.0 Å². The second-order valence-electron chi connectivity index (χ2n) is 6.49. The number of nitrogens with zero attached hydrogens (tertiary/aromatic N) is 1. The van der Waals surface area contributed by atoms with Crippen molar-refractivity contribution in [1.82, 2.24) is 10.2 Å². The van der Waals surface area contributed by atoms with E-state index in [9.17, 15) is 9.59 Å². The lowest BCUT2D eigenvalue weighted by molar-refractivity contribution is -0.139. The number of allylic oxidation sites excluding steroid dienone is 1. The maximum atomic E-state index is 12.9. The maximum absolute atomic E-state index is 12.9. The number of amides is 2. The Hall–Kier alpha value is -2.50.